The highest BCUT2D eigenvalue weighted by Crippen LogP contribution is 2.51. The number of nitrogens with one attached hydrogen (secondary N) is 3. The van der Waals surface area contributed by atoms with Crippen molar-refractivity contribution in [1.29, 1.82) is 0 Å². The monoisotopic (exact) mass is 636 g/mol. The lowest BCUT2D eigenvalue weighted by atomic mass is 9.70. The highest BCUT2D eigenvalue weighted by molar-refractivity contribution is 5.71. The van der Waals surface area contributed by atoms with Gasteiger partial charge in [0.25, 0.3) is 0 Å². The van der Waals surface area contributed by atoms with Crippen LogP contribution in [0.4, 0.5) is 0 Å². The first-order valence-electron chi connectivity index (χ1n) is 19.2. The number of allylic oxidation sites excluding steroid dienone is 8. The molecule has 0 saturated heterocycles. The topological polar surface area (TPSA) is 60.3 Å². The van der Waals surface area contributed by atoms with Crippen molar-refractivity contribution in [1.82, 2.24) is 19.9 Å². The molecule has 8 unspecified atom stereocenters. The minimum Gasteiger partial charge on any atom is -0.355 e. The molecule has 0 spiro atoms. The molecule has 4 heteroatoms. The maximum absolute atomic E-state index is 5.34. The van der Waals surface area contributed by atoms with Crippen LogP contribution >= 0.6 is 0 Å². The van der Waals surface area contributed by atoms with Gasteiger partial charge in [-0.15, -0.1) is 0 Å². The number of hydrogen-bond donors (Lipinski definition) is 3. The number of H-pyrrole nitrogens is 3. The Kier molecular flexibility index (Phi) is 4.92. The van der Waals surface area contributed by atoms with E-state index >= 15 is 0 Å². The van der Waals surface area contributed by atoms with Crippen LogP contribution in [0.2, 0.25) is 0 Å². The lowest BCUT2D eigenvalue weighted by Gasteiger charge is -2.34. The highest BCUT2D eigenvalue weighted by atomic mass is 14.8. The summed E-state index contributed by atoms with van der Waals surface area (Å²) in [5.74, 6) is 3.81. The van der Waals surface area contributed by atoms with Gasteiger partial charge in [0.15, 0.2) is 0 Å². The van der Waals surface area contributed by atoms with Crippen molar-refractivity contribution < 1.29 is 0 Å². The number of aromatic amines is 3. The smallest absolute Gasteiger partial charge is 0.0691 e. The molecule has 12 aliphatic carbocycles. The molecule has 5 heterocycles. The van der Waals surface area contributed by atoms with Crippen LogP contribution < -0.4 is 21.3 Å². The molecule has 0 saturated carbocycles. The van der Waals surface area contributed by atoms with Crippen molar-refractivity contribution in [2.24, 2.45) is 0 Å². The molecule has 0 fully saturated rings. The molecule has 0 amide bonds. The van der Waals surface area contributed by atoms with E-state index in [-0.39, 0.29) is 0 Å². The van der Waals surface area contributed by atoms with Gasteiger partial charge in [0.1, 0.15) is 0 Å². The minimum absolute atomic E-state index is 0.440. The lowest BCUT2D eigenvalue weighted by molar-refractivity contribution is 0.544. The van der Waals surface area contributed by atoms with Gasteiger partial charge in [0.05, 0.1) is 5.35 Å². The van der Waals surface area contributed by atoms with E-state index in [2.05, 4.69) is 94.1 Å². The highest BCUT2D eigenvalue weighted by Gasteiger charge is 2.38. The molecule has 0 radical (unpaired) electrons. The van der Waals surface area contributed by atoms with Crippen molar-refractivity contribution in [2.45, 2.75) is 98.7 Å². The summed E-state index contributed by atoms with van der Waals surface area (Å²) in [6.07, 6.45) is 42.0. The first kappa shape index (κ1) is 26.3. The van der Waals surface area contributed by atoms with Gasteiger partial charge in [0.2, 0.25) is 0 Å². The second-order valence-corrected chi connectivity index (χ2v) is 16.5. The van der Waals surface area contributed by atoms with Crippen LogP contribution in [0.15, 0.2) is 54.8 Å². The van der Waals surface area contributed by atoms with Crippen molar-refractivity contribution in [3.8, 4) is 0 Å². The summed E-state index contributed by atoms with van der Waals surface area (Å²) in [4.78, 5) is 17.5. The Morgan fingerprint density at radius 3 is 1.18 bits per heavy atom. The molecule has 1 aliphatic heterocycles. The van der Waals surface area contributed by atoms with Crippen molar-refractivity contribution in [3.05, 3.63) is 143 Å². The van der Waals surface area contributed by atoms with Gasteiger partial charge < -0.3 is 15.0 Å². The van der Waals surface area contributed by atoms with Gasteiger partial charge >= 0.3 is 0 Å². The predicted molar refractivity (Wildman–Crippen MR) is 195 cm³/mol. The summed E-state index contributed by atoms with van der Waals surface area (Å²) >= 11 is 0. The van der Waals surface area contributed by atoms with Crippen LogP contribution in [-0.4, -0.2) is 19.9 Å². The van der Waals surface area contributed by atoms with E-state index in [0.29, 0.717) is 47.3 Å². The number of rotatable bonds is 0. The van der Waals surface area contributed by atoms with Crippen LogP contribution in [0.3, 0.4) is 0 Å². The zero-order chi connectivity index (χ0) is 31.5. The minimum atomic E-state index is 0.440. The Hall–Kier alpha value is -4.57. The van der Waals surface area contributed by atoms with E-state index in [1.54, 1.807) is 11.1 Å². The molecule has 16 bridgehead atoms. The molecule has 4 aromatic heterocycles. The molecular formula is C45H40N4. The fourth-order valence-corrected chi connectivity index (χ4v) is 12.2. The molecule has 0 aromatic carbocycles. The lowest BCUT2D eigenvalue weighted by Crippen LogP contribution is -2.34. The van der Waals surface area contributed by atoms with Gasteiger partial charge in [-0.25, -0.2) is 0 Å². The van der Waals surface area contributed by atoms with E-state index in [1.807, 2.05) is 0 Å². The molecule has 3 N–H and O–H groups in total. The number of fused-ring (bicyclic) bond motifs is 13. The van der Waals surface area contributed by atoms with Crippen LogP contribution in [0.5, 0.6) is 0 Å². The van der Waals surface area contributed by atoms with Crippen LogP contribution in [-0.2, 0) is 0 Å². The molecule has 4 nitrogen and oxygen atoms in total. The van der Waals surface area contributed by atoms with Crippen LogP contribution in [0.25, 0.3) is 24.3 Å². The van der Waals surface area contributed by atoms with Gasteiger partial charge in [0, 0.05) is 87.0 Å². The Labute approximate surface area is 285 Å². The summed E-state index contributed by atoms with van der Waals surface area (Å²) in [6, 6.07) is 0. The maximum Gasteiger partial charge on any atom is 0.0691 e. The SMILES string of the molecule is C1=CC2CCC1c1c3[nH]c(c12)C=c1[nH]/c(c2c1C1C=CC2CC1)=C\c1[nH]c(c2c1C1C=CC2CC1)C=c1ncc(c2c1C1C=CC2CC1)=C3. The van der Waals surface area contributed by atoms with E-state index in [4.69, 9.17) is 4.98 Å². The number of pyridine rings is 1. The van der Waals surface area contributed by atoms with E-state index in [1.165, 1.54) is 129 Å². The van der Waals surface area contributed by atoms with Crippen molar-refractivity contribution >= 4 is 24.3 Å². The van der Waals surface area contributed by atoms with E-state index < -0.39 is 0 Å². The van der Waals surface area contributed by atoms with Gasteiger partial charge in [-0.1, -0.05) is 48.6 Å². The Balaban J connectivity index is 1.18. The third kappa shape index (κ3) is 3.38. The Morgan fingerprint density at radius 2 is 0.735 bits per heavy atom. The largest absolute Gasteiger partial charge is 0.355 e. The average Bonchev–Trinajstić information content (AvgIpc) is 3.86. The summed E-state index contributed by atoms with van der Waals surface area (Å²) in [5.41, 5.74) is 17.4. The molecule has 17 rings (SSSR count). The van der Waals surface area contributed by atoms with Crippen molar-refractivity contribution in [3.63, 3.8) is 0 Å². The van der Waals surface area contributed by atoms with Gasteiger partial charge in [-0.05, 0) is 125 Å². The zero-order valence-corrected chi connectivity index (χ0v) is 27.7. The molecule has 8 atom stereocenters. The second kappa shape index (κ2) is 9.15. The molecular weight excluding hydrogens is 597 g/mol. The molecule has 240 valence electrons. The number of hydrogen-bond acceptors (Lipinski definition) is 1. The summed E-state index contributed by atoms with van der Waals surface area (Å²) in [5, 5.41) is 5.09. The second-order valence-electron chi connectivity index (χ2n) is 16.5. The first-order chi connectivity index (χ1) is 24.2. The zero-order valence-electron chi connectivity index (χ0n) is 27.7. The molecule has 49 heavy (non-hydrogen) atoms. The third-order valence-electron chi connectivity index (χ3n) is 14.2. The summed E-state index contributed by atoms with van der Waals surface area (Å²) in [6.45, 7) is 0. The standard InChI is InChI=1S/C45H40N4/c1-3-23-4-2-22(1)38-30-17-32-40-24-5-7-26(8-6-24)42(40)34(47-32)19-36-44-28-13-15-29(16-14-28)45(44)37(49-36)20-35-43-27-11-9-25(10-12-27)41(43)33(48-35)18-31(39(23)38)46-21-30/h1,3,5,7,9,11,13,15,17-29,47-49H,2,4,6,8,10,12,14,16H2/b30-17?,31-18?,32-17?,33-18?,34-19?,35-20?,36-19?,37-20-. The van der Waals surface area contributed by atoms with E-state index in [9.17, 15) is 0 Å². The maximum atomic E-state index is 5.34. The van der Waals surface area contributed by atoms with E-state index in [0.717, 1.165) is 0 Å². The normalized spacial score (nSPS) is 32.9. The fourth-order valence-electron chi connectivity index (χ4n) is 12.2. The number of aromatic nitrogens is 4. The van der Waals surface area contributed by atoms with Gasteiger partial charge in [-0.3, -0.25) is 4.98 Å². The van der Waals surface area contributed by atoms with Gasteiger partial charge in [-0.2, -0.15) is 0 Å². The molecule has 4 aromatic rings. The fraction of sp³-hybridized carbons (Fsp3) is 0.356. The quantitative estimate of drug-likeness (QED) is 0.161. The third-order valence-corrected chi connectivity index (χ3v) is 14.2. The Morgan fingerprint density at radius 1 is 0.367 bits per heavy atom. The number of nitrogens with zero attached hydrogens (tertiary/aromatic N) is 1. The van der Waals surface area contributed by atoms with Crippen LogP contribution in [0.1, 0.15) is 166 Å². The van der Waals surface area contributed by atoms with Crippen molar-refractivity contribution in [2.75, 3.05) is 0 Å². The first-order valence-corrected chi connectivity index (χ1v) is 19.2. The summed E-state index contributed by atoms with van der Waals surface area (Å²) < 4.78 is 0. The average molecular weight is 637 g/mol. The summed E-state index contributed by atoms with van der Waals surface area (Å²) in [7, 11) is 0. The Bertz CT molecular complexity index is 2400. The predicted octanol–water partition coefficient (Wildman–Crippen LogP) is 6.82. The molecule has 13 aliphatic rings. The van der Waals surface area contributed by atoms with Crippen LogP contribution in [0, 0.1) is 0 Å².